The van der Waals surface area contributed by atoms with Crippen molar-refractivity contribution in [1.29, 1.82) is 0 Å². The Balaban J connectivity index is 1.99. The van der Waals surface area contributed by atoms with Crippen LogP contribution in [-0.2, 0) is 9.70 Å². The van der Waals surface area contributed by atoms with Crippen molar-refractivity contribution < 1.29 is 13.8 Å². The third-order valence-electron chi connectivity index (χ3n) is 4.74. The quantitative estimate of drug-likeness (QED) is 0.816. The third-order valence-corrected chi connectivity index (χ3v) is 8.33. The second kappa shape index (κ2) is 5.09. The highest BCUT2D eigenvalue weighted by molar-refractivity contribution is 8.33. The van der Waals surface area contributed by atoms with Crippen LogP contribution in [0.2, 0.25) is 0 Å². The molecule has 1 aromatic heterocycles. The van der Waals surface area contributed by atoms with Gasteiger partial charge in [0.1, 0.15) is 5.75 Å². The maximum absolute atomic E-state index is 11.1. The fourth-order valence-electron chi connectivity index (χ4n) is 2.79. The average molecular weight is 339 g/mol. The lowest BCUT2D eigenvalue weighted by molar-refractivity contribution is 0.210. The maximum Gasteiger partial charge on any atom is 0.409 e. The lowest BCUT2D eigenvalue weighted by Crippen LogP contribution is -2.23. The first-order chi connectivity index (χ1) is 10.6. The smallest absolute Gasteiger partial charge is 0.409 e. The molecule has 0 bridgehead atoms. The van der Waals surface area contributed by atoms with Crippen LogP contribution >= 0.6 is 10.5 Å². The van der Waals surface area contributed by atoms with Crippen molar-refractivity contribution in [3.05, 3.63) is 23.5 Å². The van der Waals surface area contributed by atoms with E-state index in [0.29, 0.717) is 5.75 Å². The van der Waals surface area contributed by atoms with E-state index in [4.69, 9.17) is 19.7 Å². The summed E-state index contributed by atoms with van der Waals surface area (Å²) in [5.41, 5.74) is 7.09. The number of aromatic nitrogens is 1. The van der Waals surface area contributed by atoms with Crippen molar-refractivity contribution >= 4 is 16.6 Å². The van der Waals surface area contributed by atoms with Crippen LogP contribution in [-0.4, -0.2) is 15.8 Å². The van der Waals surface area contributed by atoms with Gasteiger partial charge in [0.25, 0.3) is 0 Å². The molecule has 0 radical (unpaired) electrons. The molecule has 2 fully saturated rings. The lowest BCUT2D eigenvalue weighted by atomic mass is 10.0. The van der Waals surface area contributed by atoms with Crippen LogP contribution in [0.4, 0.5) is 4.79 Å². The number of carbonyl (C=O) groups is 1. The fourth-order valence-corrected chi connectivity index (χ4v) is 5.40. The molecular formula is C16H25N3O3S. The monoisotopic (exact) mass is 339 g/mol. The minimum Gasteiger partial charge on any atom is -0.410 e. The van der Waals surface area contributed by atoms with Crippen molar-refractivity contribution in [1.82, 2.24) is 9.87 Å². The molecular weight excluding hydrogens is 314 g/mol. The number of primary amides is 1. The van der Waals surface area contributed by atoms with Crippen molar-refractivity contribution in [2.24, 2.45) is 5.73 Å². The van der Waals surface area contributed by atoms with Crippen LogP contribution in [0.5, 0.6) is 5.75 Å². The summed E-state index contributed by atoms with van der Waals surface area (Å²) in [6, 6.07) is 3.63. The van der Waals surface area contributed by atoms with E-state index in [0.717, 1.165) is 24.2 Å². The minimum absolute atomic E-state index is 0.0156. The summed E-state index contributed by atoms with van der Waals surface area (Å²) in [5.74, 6) is 0.460. The minimum atomic E-state index is -1.45. The number of nitrogens with one attached hydrogen (secondary N) is 1. The SMILES string of the molecule is CC(c1cc(OC(N)=O)cc(C2(C)CC2)n1)S1(C(C)(C)C)NO1. The van der Waals surface area contributed by atoms with Crippen LogP contribution in [0.15, 0.2) is 12.1 Å². The molecule has 3 N–H and O–H groups in total. The predicted octanol–water partition coefficient (Wildman–Crippen LogP) is 3.62. The Bertz CT molecular complexity index is 648. The average Bonchev–Trinajstić information content (AvgIpc) is 3.31. The van der Waals surface area contributed by atoms with Gasteiger partial charge in [-0.2, -0.15) is 0 Å². The molecule has 1 saturated carbocycles. The van der Waals surface area contributed by atoms with Crippen LogP contribution in [0, 0.1) is 0 Å². The molecule has 1 aliphatic carbocycles. The topological polar surface area (TPSA) is 99.7 Å². The number of pyridine rings is 1. The Hall–Kier alpha value is -1.31. The molecule has 128 valence electrons. The van der Waals surface area contributed by atoms with Gasteiger partial charge >= 0.3 is 6.09 Å². The number of rotatable bonds is 4. The van der Waals surface area contributed by atoms with Crippen LogP contribution in [0.3, 0.4) is 0 Å². The number of hydrogen-bond donors (Lipinski definition) is 2. The van der Waals surface area contributed by atoms with E-state index < -0.39 is 16.6 Å². The summed E-state index contributed by atoms with van der Waals surface area (Å²) < 4.78 is 10.8. The second-order valence-corrected chi connectivity index (χ2v) is 11.1. The van der Waals surface area contributed by atoms with E-state index in [1.54, 1.807) is 6.07 Å². The Labute approximate surface area is 138 Å². The summed E-state index contributed by atoms with van der Waals surface area (Å²) in [5, 5.41) is 0.0834. The van der Waals surface area contributed by atoms with Crippen molar-refractivity contribution in [2.75, 3.05) is 0 Å². The summed E-state index contributed by atoms with van der Waals surface area (Å²) in [6.07, 6.45) is 1.39. The normalized spacial score (nSPS) is 29.3. The van der Waals surface area contributed by atoms with Gasteiger partial charge in [0.05, 0.1) is 16.6 Å². The summed E-state index contributed by atoms with van der Waals surface area (Å²) >= 11 is 0. The van der Waals surface area contributed by atoms with Gasteiger partial charge < -0.3 is 10.5 Å². The maximum atomic E-state index is 11.1. The van der Waals surface area contributed by atoms with Crippen LogP contribution in [0.25, 0.3) is 0 Å². The highest BCUT2D eigenvalue weighted by atomic mass is 32.3. The Morgan fingerprint density at radius 1 is 1.48 bits per heavy atom. The standard InChI is InChI=1S/C16H25N3O3S/c1-10(23(19-22-23)15(2,3)4)12-8-11(21-14(17)20)9-13(18-12)16(5)6-7-16/h8-10,19H,6-7H2,1-5H3,(H2,17,20). The summed E-state index contributed by atoms with van der Waals surface area (Å²) in [6.45, 7) is 10.8. The highest BCUT2D eigenvalue weighted by Crippen LogP contribution is 2.74. The predicted molar refractivity (Wildman–Crippen MR) is 91.0 cm³/mol. The molecule has 2 unspecified atom stereocenters. The molecule has 0 spiro atoms. The van der Waals surface area contributed by atoms with E-state index in [9.17, 15) is 4.79 Å². The molecule has 2 heterocycles. The van der Waals surface area contributed by atoms with Gasteiger partial charge in [-0.15, -0.1) is 4.89 Å². The number of nitrogens with two attached hydrogens (primary N) is 1. The lowest BCUT2D eigenvalue weighted by Gasteiger charge is -2.34. The molecule has 7 heteroatoms. The van der Waals surface area contributed by atoms with Gasteiger partial charge in [-0.05, 0) is 51.0 Å². The zero-order chi connectivity index (χ0) is 17.0. The summed E-state index contributed by atoms with van der Waals surface area (Å²) in [7, 11) is -1.45. The van der Waals surface area contributed by atoms with Gasteiger partial charge in [-0.3, -0.25) is 4.98 Å². The van der Waals surface area contributed by atoms with Gasteiger partial charge in [-0.1, -0.05) is 6.92 Å². The fraction of sp³-hybridized carbons (Fsp3) is 0.625. The van der Waals surface area contributed by atoms with Gasteiger partial charge in [-0.25, -0.2) is 9.08 Å². The first-order valence-electron chi connectivity index (χ1n) is 7.84. The van der Waals surface area contributed by atoms with Gasteiger partial charge in [0.15, 0.2) is 0 Å². The molecule has 1 aliphatic heterocycles. The zero-order valence-corrected chi connectivity index (χ0v) is 15.1. The molecule has 2 atom stereocenters. The number of nitrogens with zero attached hydrogens (tertiary/aromatic N) is 1. The highest BCUT2D eigenvalue weighted by Gasteiger charge is 2.55. The van der Waals surface area contributed by atoms with E-state index in [2.05, 4.69) is 39.5 Å². The second-order valence-electron chi connectivity index (χ2n) is 7.62. The number of hydrogen-bond acceptors (Lipinski definition) is 5. The van der Waals surface area contributed by atoms with Crippen molar-refractivity contribution in [2.45, 2.75) is 62.9 Å². The molecule has 0 aromatic carbocycles. The Morgan fingerprint density at radius 3 is 2.52 bits per heavy atom. The van der Waals surface area contributed by atoms with Gasteiger partial charge in [0.2, 0.25) is 0 Å². The molecule has 23 heavy (non-hydrogen) atoms. The molecule has 1 aromatic rings. The molecule has 2 aliphatic rings. The first-order valence-corrected chi connectivity index (χ1v) is 9.46. The number of carbonyl (C=O) groups excluding carboxylic acids is 1. The van der Waals surface area contributed by atoms with Crippen LogP contribution in [0.1, 0.15) is 64.1 Å². The third kappa shape index (κ3) is 2.93. The van der Waals surface area contributed by atoms with Gasteiger partial charge in [0, 0.05) is 22.3 Å². The Kier molecular flexibility index (Phi) is 3.66. The molecule has 1 amide bonds. The van der Waals surface area contributed by atoms with E-state index in [1.165, 1.54) is 0 Å². The van der Waals surface area contributed by atoms with Crippen molar-refractivity contribution in [3.63, 3.8) is 0 Å². The van der Waals surface area contributed by atoms with E-state index in [-0.39, 0.29) is 15.4 Å². The number of amides is 1. The molecule has 3 rings (SSSR count). The largest absolute Gasteiger partial charge is 0.410 e. The molecule has 1 saturated heterocycles. The van der Waals surface area contributed by atoms with E-state index >= 15 is 0 Å². The van der Waals surface area contributed by atoms with Crippen molar-refractivity contribution in [3.8, 4) is 5.75 Å². The Morgan fingerprint density at radius 2 is 2.09 bits per heavy atom. The first kappa shape index (κ1) is 16.5. The summed E-state index contributed by atoms with van der Waals surface area (Å²) in [4.78, 5) is 19.1. The van der Waals surface area contributed by atoms with E-state index in [1.807, 2.05) is 6.07 Å². The van der Waals surface area contributed by atoms with Crippen LogP contribution < -0.4 is 15.4 Å². The molecule has 6 nitrogen and oxygen atoms in total. The number of ether oxygens (including phenoxy) is 1. The zero-order valence-electron chi connectivity index (χ0n) is 14.3.